The minimum Gasteiger partial charge on any atom is -0.442 e. The maximum absolute atomic E-state index is 9.59. The van der Waals surface area contributed by atoms with Gasteiger partial charge in [0, 0.05) is 11.5 Å². The first kappa shape index (κ1) is 14.3. The normalized spacial score (nSPS) is 22.0. The molecule has 0 spiro atoms. The average molecular weight is 302 g/mol. The molecule has 3 rings (SSSR count). The van der Waals surface area contributed by atoms with Crippen LogP contribution in [0.15, 0.2) is 40.5 Å². The lowest BCUT2D eigenvalue weighted by atomic mass is 9.74. The van der Waals surface area contributed by atoms with E-state index in [1.54, 1.807) is 24.3 Å². The van der Waals surface area contributed by atoms with Crippen LogP contribution in [0.1, 0.15) is 11.5 Å². The summed E-state index contributed by atoms with van der Waals surface area (Å²) < 4.78 is 5.47. The van der Waals surface area contributed by atoms with Gasteiger partial charge in [-0.15, -0.1) is 0 Å². The lowest BCUT2D eigenvalue weighted by Crippen LogP contribution is -2.43. The first-order chi connectivity index (χ1) is 11.1. The fraction of sp³-hybridized carbons (Fsp3) is 0.188. The molecule has 0 bridgehead atoms. The first-order valence-corrected chi connectivity index (χ1v) is 6.75. The van der Waals surface area contributed by atoms with Crippen LogP contribution in [0.3, 0.4) is 0 Å². The zero-order chi connectivity index (χ0) is 16.6. The zero-order valence-electron chi connectivity index (χ0n) is 11.8. The summed E-state index contributed by atoms with van der Waals surface area (Å²) in [6.07, 6.45) is 0. The molecule has 7 nitrogen and oxygen atoms in total. The molecule has 7 heteroatoms. The van der Waals surface area contributed by atoms with Crippen molar-refractivity contribution in [2.45, 2.75) is 5.92 Å². The number of nitrogens with zero attached hydrogens (tertiary/aromatic N) is 4. The summed E-state index contributed by atoms with van der Waals surface area (Å²) in [7, 11) is 0. The van der Waals surface area contributed by atoms with Gasteiger partial charge in [0.15, 0.2) is 11.8 Å². The van der Waals surface area contributed by atoms with E-state index in [1.165, 1.54) is 0 Å². The molecule has 0 saturated heterocycles. The Kier molecular flexibility index (Phi) is 3.29. The summed E-state index contributed by atoms with van der Waals surface area (Å²) in [5.74, 6) is -2.04. The number of nitriles is 3. The number of rotatable bonds is 1. The standard InChI is InChI=1S/C16H10N6O/c17-5-8(6-18)14-10(7-19)12-9-3-1-2-4-11(9)23-16(21)13(12)15(20)22-14/h1-4,8,12-13,21H,(H2,20,22). The Bertz CT molecular complexity index is 878. The van der Waals surface area contributed by atoms with Crippen molar-refractivity contribution in [3.8, 4) is 24.0 Å². The Morgan fingerprint density at radius 2 is 1.87 bits per heavy atom. The van der Waals surface area contributed by atoms with Crippen molar-refractivity contribution < 1.29 is 4.74 Å². The van der Waals surface area contributed by atoms with Crippen LogP contribution in [-0.4, -0.2) is 11.7 Å². The Hall–Kier alpha value is -3.63. The number of fused-ring (bicyclic) bond motifs is 3. The van der Waals surface area contributed by atoms with Crippen molar-refractivity contribution in [1.82, 2.24) is 0 Å². The van der Waals surface area contributed by atoms with Crippen LogP contribution in [-0.2, 0) is 0 Å². The largest absolute Gasteiger partial charge is 0.442 e. The van der Waals surface area contributed by atoms with Crippen LogP contribution in [0.25, 0.3) is 0 Å². The second-order valence-corrected chi connectivity index (χ2v) is 5.10. The van der Waals surface area contributed by atoms with Gasteiger partial charge in [0.2, 0.25) is 0 Å². The second kappa shape index (κ2) is 5.29. The van der Waals surface area contributed by atoms with E-state index in [1.807, 2.05) is 18.2 Å². The van der Waals surface area contributed by atoms with Crippen LogP contribution in [0.2, 0.25) is 0 Å². The summed E-state index contributed by atoms with van der Waals surface area (Å²) in [6.45, 7) is 0. The predicted octanol–water partition coefficient (Wildman–Crippen LogP) is 1.57. The molecule has 0 fully saturated rings. The summed E-state index contributed by atoms with van der Waals surface area (Å²) in [4.78, 5) is 4.07. The summed E-state index contributed by atoms with van der Waals surface area (Å²) >= 11 is 0. The lowest BCUT2D eigenvalue weighted by Gasteiger charge is -2.36. The number of nitrogens with one attached hydrogen (secondary N) is 1. The molecule has 1 aromatic rings. The number of hydrogen-bond donors (Lipinski definition) is 2. The topological polar surface area (TPSA) is 143 Å². The minimum absolute atomic E-state index is 0.0563. The third kappa shape index (κ3) is 2.02. The van der Waals surface area contributed by atoms with Gasteiger partial charge in [0.25, 0.3) is 0 Å². The Morgan fingerprint density at radius 3 is 2.52 bits per heavy atom. The molecule has 110 valence electrons. The first-order valence-electron chi connectivity index (χ1n) is 6.75. The highest BCUT2D eigenvalue weighted by Gasteiger charge is 2.44. The van der Waals surface area contributed by atoms with Crippen LogP contribution in [0.4, 0.5) is 0 Å². The SMILES string of the molecule is N#CC1=C(C(C#N)C#N)N=C(N)C2C(=N)Oc3ccccc3C12. The fourth-order valence-electron chi connectivity index (χ4n) is 2.90. The molecule has 23 heavy (non-hydrogen) atoms. The highest BCUT2D eigenvalue weighted by Crippen LogP contribution is 2.46. The molecule has 2 heterocycles. The number of benzene rings is 1. The Morgan fingerprint density at radius 1 is 1.17 bits per heavy atom. The highest BCUT2D eigenvalue weighted by atomic mass is 16.5. The van der Waals surface area contributed by atoms with E-state index >= 15 is 0 Å². The van der Waals surface area contributed by atoms with Crippen molar-refractivity contribution >= 4 is 11.7 Å². The molecule has 0 aromatic heterocycles. The average Bonchev–Trinajstić information content (AvgIpc) is 2.56. The molecule has 0 radical (unpaired) electrons. The molecule has 0 amide bonds. The van der Waals surface area contributed by atoms with Crippen molar-refractivity contribution in [3.05, 3.63) is 41.1 Å². The van der Waals surface area contributed by atoms with Crippen LogP contribution in [0.5, 0.6) is 5.75 Å². The minimum atomic E-state index is -1.19. The molecular formula is C16H10N6O. The van der Waals surface area contributed by atoms with Gasteiger partial charge in [-0.25, -0.2) is 4.99 Å². The number of nitrogens with two attached hydrogens (primary N) is 1. The number of para-hydroxylation sites is 1. The number of amidine groups is 1. The maximum Gasteiger partial charge on any atom is 0.199 e. The predicted molar refractivity (Wildman–Crippen MR) is 80.0 cm³/mol. The van der Waals surface area contributed by atoms with E-state index in [0.717, 1.165) is 0 Å². The van der Waals surface area contributed by atoms with Crippen LogP contribution in [0, 0.1) is 51.2 Å². The quantitative estimate of drug-likeness (QED) is 0.809. The molecule has 2 atom stereocenters. The van der Waals surface area contributed by atoms with Crippen molar-refractivity contribution in [2.24, 2.45) is 22.6 Å². The van der Waals surface area contributed by atoms with Gasteiger partial charge < -0.3 is 10.5 Å². The number of allylic oxidation sites excluding steroid dienone is 2. The van der Waals surface area contributed by atoms with E-state index in [2.05, 4.69) is 4.99 Å². The van der Waals surface area contributed by atoms with Crippen LogP contribution < -0.4 is 10.5 Å². The van der Waals surface area contributed by atoms with Crippen molar-refractivity contribution in [3.63, 3.8) is 0 Å². The molecule has 3 N–H and O–H groups in total. The molecule has 2 unspecified atom stereocenters. The van der Waals surface area contributed by atoms with E-state index in [0.29, 0.717) is 11.3 Å². The Balaban J connectivity index is 2.29. The smallest absolute Gasteiger partial charge is 0.199 e. The zero-order valence-corrected chi connectivity index (χ0v) is 11.8. The van der Waals surface area contributed by atoms with Gasteiger partial charge in [0.05, 0.1) is 29.5 Å². The summed E-state index contributed by atoms with van der Waals surface area (Å²) in [5, 5.41) is 35.9. The van der Waals surface area contributed by atoms with Gasteiger partial charge >= 0.3 is 0 Å². The molecule has 2 aliphatic heterocycles. The fourth-order valence-corrected chi connectivity index (χ4v) is 2.90. The third-order valence-corrected chi connectivity index (χ3v) is 3.90. The van der Waals surface area contributed by atoms with Crippen molar-refractivity contribution in [2.75, 3.05) is 0 Å². The molecular weight excluding hydrogens is 292 g/mol. The molecule has 0 aliphatic carbocycles. The van der Waals surface area contributed by atoms with Gasteiger partial charge in [-0.2, -0.15) is 15.8 Å². The number of ether oxygens (including phenoxy) is 1. The highest BCUT2D eigenvalue weighted by molar-refractivity contribution is 6.06. The molecule has 0 saturated carbocycles. The lowest BCUT2D eigenvalue weighted by molar-refractivity contribution is 0.451. The number of hydrogen-bond acceptors (Lipinski definition) is 7. The number of aliphatic imine (C=N–C) groups is 1. The van der Waals surface area contributed by atoms with Gasteiger partial charge in [-0.3, -0.25) is 5.41 Å². The van der Waals surface area contributed by atoms with Crippen LogP contribution >= 0.6 is 0 Å². The summed E-state index contributed by atoms with van der Waals surface area (Å²) in [5.41, 5.74) is 6.88. The van der Waals surface area contributed by atoms with E-state index in [4.69, 9.17) is 26.4 Å². The monoisotopic (exact) mass is 302 g/mol. The summed E-state index contributed by atoms with van der Waals surface area (Å²) in [6, 6.07) is 12.7. The van der Waals surface area contributed by atoms with Gasteiger partial charge in [0.1, 0.15) is 17.5 Å². The van der Waals surface area contributed by atoms with E-state index < -0.39 is 17.8 Å². The van der Waals surface area contributed by atoms with Crippen molar-refractivity contribution in [1.29, 1.82) is 21.2 Å². The van der Waals surface area contributed by atoms with E-state index in [-0.39, 0.29) is 23.0 Å². The third-order valence-electron chi connectivity index (χ3n) is 3.90. The van der Waals surface area contributed by atoms with Gasteiger partial charge in [-0.05, 0) is 6.07 Å². The maximum atomic E-state index is 9.59. The second-order valence-electron chi connectivity index (χ2n) is 5.10. The molecule has 1 aromatic carbocycles. The van der Waals surface area contributed by atoms with Gasteiger partial charge in [-0.1, -0.05) is 18.2 Å². The Labute approximate surface area is 132 Å². The van der Waals surface area contributed by atoms with E-state index in [9.17, 15) is 5.26 Å². The molecule has 2 aliphatic rings.